The number of carbonyl (C=O) groups is 1. The summed E-state index contributed by atoms with van der Waals surface area (Å²) in [5.41, 5.74) is 1.70. The molecule has 0 aliphatic heterocycles. The number of Topliss-reactive ketones (excluding diaryl/α,β-unsaturated/α-hetero) is 1. The van der Waals surface area contributed by atoms with Gasteiger partial charge in [-0.3, -0.25) is 4.79 Å². The van der Waals surface area contributed by atoms with Gasteiger partial charge in [-0.1, -0.05) is 42.5 Å². The lowest BCUT2D eigenvalue weighted by atomic mass is 10.1. The first-order valence-corrected chi connectivity index (χ1v) is 8.31. The van der Waals surface area contributed by atoms with Crippen LogP contribution < -0.4 is 0 Å². The van der Waals surface area contributed by atoms with Gasteiger partial charge in [-0.2, -0.15) is 0 Å². The lowest BCUT2D eigenvalue weighted by molar-refractivity contribution is -0.116. The molecule has 2 aromatic carbocycles. The summed E-state index contributed by atoms with van der Waals surface area (Å²) in [4.78, 5) is 12.1. The normalized spacial score (nSPS) is 12.9. The summed E-state index contributed by atoms with van der Waals surface area (Å²) in [6, 6.07) is 15.9. The third-order valence-corrected chi connectivity index (χ3v) is 5.57. The Bertz CT molecular complexity index is 734. The molecule has 0 aliphatic rings. The molecule has 0 saturated carbocycles. The smallest absolute Gasteiger partial charge is 0.188 e. The molecule has 0 spiro atoms. The van der Waals surface area contributed by atoms with Crippen LogP contribution in [-0.4, -0.2) is 19.5 Å². The predicted molar refractivity (Wildman–Crippen MR) is 83.0 cm³/mol. The molecule has 2 rings (SSSR count). The average molecular weight is 302 g/mol. The van der Waals surface area contributed by atoms with Crippen molar-refractivity contribution in [1.82, 2.24) is 0 Å². The fraction of sp³-hybridized carbons (Fsp3) is 0.235. The van der Waals surface area contributed by atoms with E-state index < -0.39 is 15.1 Å². The Morgan fingerprint density at radius 2 is 1.71 bits per heavy atom. The van der Waals surface area contributed by atoms with Crippen LogP contribution in [0, 0.1) is 6.92 Å². The van der Waals surface area contributed by atoms with Gasteiger partial charge in [-0.15, -0.1) is 0 Å². The summed E-state index contributed by atoms with van der Waals surface area (Å²) in [5, 5.41) is -1.04. The van der Waals surface area contributed by atoms with E-state index in [9.17, 15) is 13.2 Å². The minimum absolute atomic E-state index is 0.201. The summed E-state index contributed by atoms with van der Waals surface area (Å²) in [6.07, 6.45) is 0.201. The zero-order chi connectivity index (χ0) is 15.5. The second-order valence-electron chi connectivity index (χ2n) is 5.15. The van der Waals surface area contributed by atoms with Gasteiger partial charge in [-0.25, -0.2) is 8.42 Å². The third-order valence-electron chi connectivity index (χ3n) is 3.41. The number of sulfone groups is 1. The Morgan fingerprint density at radius 3 is 2.29 bits per heavy atom. The van der Waals surface area contributed by atoms with Gasteiger partial charge in [0, 0.05) is 0 Å². The largest absolute Gasteiger partial charge is 0.299 e. The number of hydrogen-bond acceptors (Lipinski definition) is 3. The van der Waals surface area contributed by atoms with E-state index in [1.165, 1.54) is 6.92 Å². The van der Waals surface area contributed by atoms with E-state index in [4.69, 9.17) is 0 Å². The Balaban J connectivity index is 2.40. The van der Waals surface area contributed by atoms with Crippen molar-refractivity contribution in [2.75, 3.05) is 0 Å². The zero-order valence-corrected chi connectivity index (χ0v) is 12.9. The van der Waals surface area contributed by atoms with E-state index in [2.05, 4.69) is 0 Å². The van der Waals surface area contributed by atoms with Gasteiger partial charge in [0.05, 0.1) is 4.90 Å². The van der Waals surface area contributed by atoms with Crippen LogP contribution in [0.4, 0.5) is 0 Å². The molecule has 0 saturated heterocycles. The van der Waals surface area contributed by atoms with E-state index in [1.54, 1.807) is 18.2 Å². The van der Waals surface area contributed by atoms with Crippen LogP contribution in [0.2, 0.25) is 0 Å². The van der Waals surface area contributed by atoms with Crippen molar-refractivity contribution in [2.45, 2.75) is 30.4 Å². The number of carbonyl (C=O) groups excluding carboxylic acids is 1. The fourth-order valence-electron chi connectivity index (χ4n) is 2.26. The molecular weight excluding hydrogens is 284 g/mol. The molecule has 21 heavy (non-hydrogen) atoms. The number of ketones is 1. The second kappa shape index (κ2) is 6.22. The van der Waals surface area contributed by atoms with Crippen LogP contribution >= 0.6 is 0 Å². The van der Waals surface area contributed by atoms with Gasteiger partial charge in [-0.05, 0) is 43.5 Å². The molecule has 0 amide bonds. The highest BCUT2D eigenvalue weighted by Gasteiger charge is 2.31. The van der Waals surface area contributed by atoms with Crippen LogP contribution in [0.3, 0.4) is 0 Å². The molecular formula is C17H18O3S. The Labute approximate surface area is 125 Å². The highest BCUT2D eigenvalue weighted by atomic mass is 32.2. The highest BCUT2D eigenvalue weighted by molar-refractivity contribution is 7.92. The lowest BCUT2D eigenvalue weighted by Gasteiger charge is -2.15. The van der Waals surface area contributed by atoms with E-state index in [0.29, 0.717) is 0 Å². The van der Waals surface area contributed by atoms with Gasteiger partial charge in [0.25, 0.3) is 0 Å². The van der Waals surface area contributed by atoms with Crippen LogP contribution in [0.5, 0.6) is 0 Å². The summed E-state index contributed by atoms with van der Waals surface area (Å²) < 4.78 is 25.4. The van der Waals surface area contributed by atoms with Crippen LogP contribution in [-0.2, 0) is 21.1 Å². The first-order valence-electron chi connectivity index (χ1n) is 6.76. The maximum atomic E-state index is 12.7. The van der Waals surface area contributed by atoms with Crippen LogP contribution in [0.25, 0.3) is 0 Å². The molecule has 0 heterocycles. The van der Waals surface area contributed by atoms with Crippen molar-refractivity contribution >= 4 is 15.6 Å². The minimum atomic E-state index is -3.67. The Morgan fingerprint density at radius 1 is 1.05 bits per heavy atom. The quantitative estimate of drug-likeness (QED) is 0.853. The molecule has 110 valence electrons. The SMILES string of the molecule is CC(=O)[C@@H](Cc1ccccc1)S(=O)(=O)c1cccc(C)c1. The molecule has 2 aromatic rings. The maximum Gasteiger partial charge on any atom is 0.188 e. The van der Waals surface area contributed by atoms with Crippen LogP contribution in [0.15, 0.2) is 59.5 Å². The van der Waals surface area contributed by atoms with Crippen molar-refractivity contribution in [2.24, 2.45) is 0 Å². The number of aryl methyl sites for hydroxylation is 1. The molecule has 0 unspecified atom stereocenters. The van der Waals surface area contributed by atoms with Crippen molar-refractivity contribution in [3.05, 3.63) is 65.7 Å². The lowest BCUT2D eigenvalue weighted by Crippen LogP contribution is -2.31. The minimum Gasteiger partial charge on any atom is -0.299 e. The monoisotopic (exact) mass is 302 g/mol. The first-order chi connectivity index (χ1) is 9.91. The van der Waals surface area contributed by atoms with Crippen molar-refractivity contribution < 1.29 is 13.2 Å². The highest BCUT2D eigenvalue weighted by Crippen LogP contribution is 2.21. The topological polar surface area (TPSA) is 51.2 Å². The standard InChI is InChI=1S/C17H18O3S/c1-13-7-6-10-16(11-13)21(19,20)17(14(2)18)12-15-8-4-3-5-9-15/h3-11,17H,12H2,1-2H3/t17-/m1/s1. The first kappa shape index (κ1) is 15.4. The summed E-state index contributed by atoms with van der Waals surface area (Å²) in [5.74, 6) is -0.333. The van der Waals surface area contributed by atoms with Gasteiger partial charge >= 0.3 is 0 Å². The number of benzene rings is 2. The van der Waals surface area contributed by atoms with Gasteiger partial charge in [0.1, 0.15) is 11.0 Å². The molecule has 3 nitrogen and oxygen atoms in total. The van der Waals surface area contributed by atoms with E-state index in [-0.39, 0.29) is 17.1 Å². The summed E-state index contributed by atoms with van der Waals surface area (Å²) in [6.45, 7) is 3.17. The van der Waals surface area contributed by atoms with Crippen molar-refractivity contribution in [1.29, 1.82) is 0 Å². The van der Waals surface area contributed by atoms with Crippen molar-refractivity contribution in [3.8, 4) is 0 Å². The van der Waals surface area contributed by atoms with Gasteiger partial charge < -0.3 is 0 Å². The molecule has 0 radical (unpaired) electrons. The molecule has 0 N–H and O–H groups in total. The fourth-order valence-corrected chi connectivity index (χ4v) is 4.05. The molecule has 1 atom stereocenters. The van der Waals surface area contributed by atoms with E-state index in [1.807, 2.05) is 43.3 Å². The predicted octanol–water partition coefficient (Wildman–Crippen LogP) is 2.97. The molecule has 0 aliphatic carbocycles. The van der Waals surface area contributed by atoms with Gasteiger partial charge in [0.2, 0.25) is 0 Å². The second-order valence-corrected chi connectivity index (χ2v) is 7.28. The third kappa shape index (κ3) is 3.58. The van der Waals surface area contributed by atoms with Gasteiger partial charge in [0.15, 0.2) is 9.84 Å². The van der Waals surface area contributed by atoms with E-state index in [0.717, 1.165) is 11.1 Å². The van der Waals surface area contributed by atoms with E-state index >= 15 is 0 Å². The Kier molecular flexibility index (Phi) is 4.58. The number of rotatable bonds is 5. The number of hydrogen-bond donors (Lipinski definition) is 0. The Hall–Kier alpha value is -1.94. The maximum absolute atomic E-state index is 12.7. The average Bonchev–Trinajstić information content (AvgIpc) is 2.45. The van der Waals surface area contributed by atoms with Crippen LogP contribution in [0.1, 0.15) is 18.1 Å². The summed E-state index contributed by atoms with van der Waals surface area (Å²) >= 11 is 0. The molecule has 0 aromatic heterocycles. The molecule has 0 bridgehead atoms. The molecule has 4 heteroatoms. The zero-order valence-electron chi connectivity index (χ0n) is 12.1. The van der Waals surface area contributed by atoms with Crippen molar-refractivity contribution in [3.63, 3.8) is 0 Å². The molecule has 0 fully saturated rings. The summed E-state index contributed by atoms with van der Waals surface area (Å²) in [7, 11) is -3.67.